The maximum absolute atomic E-state index is 12.5. The molecule has 19 heavy (non-hydrogen) atoms. The predicted molar refractivity (Wildman–Crippen MR) is 72.5 cm³/mol. The van der Waals surface area contributed by atoms with Crippen molar-refractivity contribution >= 4 is 5.78 Å². The lowest BCUT2D eigenvalue weighted by molar-refractivity contribution is 0.0116. The van der Waals surface area contributed by atoms with Crippen molar-refractivity contribution in [2.45, 2.75) is 56.7 Å². The van der Waals surface area contributed by atoms with Gasteiger partial charge in [0.25, 0.3) is 0 Å². The molecule has 0 heterocycles. The molecule has 2 saturated carbocycles. The lowest BCUT2D eigenvalue weighted by Crippen LogP contribution is -2.40. The van der Waals surface area contributed by atoms with Crippen molar-refractivity contribution in [2.75, 3.05) is 0 Å². The van der Waals surface area contributed by atoms with E-state index in [1.807, 2.05) is 12.1 Å². The second kappa shape index (κ2) is 4.97. The molecule has 3 heteroatoms. The van der Waals surface area contributed by atoms with Crippen LogP contribution in [-0.4, -0.2) is 22.6 Å². The molecule has 0 spiro atoms. The number of ketones is 1. The van der Waals surface area contributed by atoms with Gasteiger partial charge in [-0.15, -0.1) is 0 Å². The molecule has 102 valence electrons. The van der Waals surface area contributed by atoms with E-state index in [9.17, 15) is 9.90 Å². The number of ether oxygens (including phenoxy) is 1. The van der Waals surface area contributed by atoms with E-state index in [0.29, 0.717) is 24.5 Å². The summed E-state index contributed by atoms with van der Waals surface area (Å²) in [6, 6.07) is 7.25. The summed E-state index contributed by atoms with van der Waals surface area (Å²) >= 11 is 0. The maximum atomic E-state index is 12.5. The minimum atomic E-state index is -1.16. The van der Waals surface area contributed by atoms with Gasteiger partial charge in [-0.1, -0.05) is 31.4 Å². The quantitative estimate of drug-likeness (QED) is 0.846. The Balaban J connectivity index is 1.78. The number of rotatable bonds is 4. The van der Waals surface area contributed by atoms with Crippen molar-refractivity contribution in [3.8, 4) is 5.75 Å². The van der Waals surface area contributed by atoms with E-state index in [-0.39, 0.29) is 5.78 Å². The van der Waals surface area contributed by atoms with Crippen LogP contribution in [0.5, 0.6) is 5.75 Å². The summed E-state index contributed by atoms with van der Waals surface area (Å²) in [5.41, 5.74) is -0.584. The monoisotopic (exact) mass is 260 g/mol. The average Bonchev–Trinajstić information content (AvgIpc) is 3.23. The van der Waals surface area contributed by atoms with Crippen molar-refractivity contribution in [3.63, 3.8) is 0 Å². The first-order valence-corrected chi connectivity index (χ1v) is 7.21. The Morgan fingerprint density at radius 1 is 1.21 bits per heavy atom. The molecule has 3 nitrogen and oxygen atoms in total. The van der Waals surface area contributed by atoms with Gasteiger partial charge in [0.05, 0.1) is 6.10 Å². The van der Waals surface area contributed by atoms with Crippen LogP contribution in [0.2, 0.25) is 0 Å². The molecular formula is C16H20O3. The molecule has 3 rings (SSSR count). The lowest BCUT2D eigenvalue weighted by Gasteiger charge is -2.30. The van der Waals surface area contributed by atoms with Crippen LogP contribution in [0.15, 0.2) is 24.3 Å². The van der Waals surface area contributed by atoms with Gasteiger partial charge in [-0.3, -0.25) is 4.79 Å². The first-order valence-electron chi connectivity index (χ1n) is 7.21. The molecule has 0 bridgehead atoms. The standard InChI is InChI=1S/C16H20O3/c17-15(16(18)9-2-1-3-10-16)12-5-4-6-14(11-12)19-13-7-8-13/h4-6,11,13,18H,1-3,7-10H2. The topological polar surface area (TPSA) is 46.5 Å². The number of Topliss-reactive ketones (excluding diaryl/α,β-unsaturated/α-hetero) is 1. The molecule has 0 radical (unpaired) electrons. The van der Waals surface area contributed by atoms with Gasteiger partial charge in [0.2, 0.25) is 0 Å². The van der Waals surface area contributed by atoms with Crippen molar-refractivity contribution in [1.29, 1.82) is 0 Å². The zero-order valence-electron chi connectivity index (χ0n) is 11.1. The Kier molecular flexibility index (Phi) is 3.31. The normalized spacial score (nSPS) is 21.9. The number of hydrogen-bond donors (Lipinski definition) is 1. The van der Waals surface area contributed by atoms with Crippen LogP contribution in [0.1, 0.15) is 55.3 Å². The molecule has 1 aromatic rings. The number of aliphatic hydroxyl groups is 1. The highest BCUT2D eigenvalue weighted by molar-refractivity contribution is 6.02. The van der Waals surface area contributed by atoms with Crippen LogP contribution < -0.4 is 4.74 Å². The molecule has 1 aromatic carbocycles. The predicted octanol–water partition coefficient (Wildman–Crippen LogP) is 3.11. The first kappa shape index (κ1) is 12.7. The van der Waals surface area contributed by atoms with Crippen LogP contribution in [-0.2, 0) is 0 Å². The summed E-state index contributed by atoms with van der Waals surface area (Å²) in [4.78, 5) is 12.5. The molecule has 0 amide bonds. The lowest BCUT2D eigenvalue weighted by atomic mass is 9.79. The van der Waals surface area contributed by atoms with Crippen LogP contribution in [0, 0.1) is 0 Å². The minimum Gasteiger partial charge on any atom is -0.490 e. The van der Waals surface area contributed by atoms with Crippen LogP contribution in [0.3, 0.4) is 0 Å². The van der Waals surface area contributed by atoms with E-state index in [4.69, 9.17) is 4.74 Å². The van der Waals surface area contributed by atoms with Crippen LogP contribution in [0.4, 0.5) is 0 Å². The number of carbonyl (C=O) groups excluding carboxylic acids is 1. The molecule has 2 aliphatic carbocycles. The molecule has 2 fully saturated rings. The van der Waals surface area contributed by atoms with Gasteiger partial charge in [0, 0.05) is 5.56 Å². The van der Waals surface area contributed by atoms with Crippen LogP contribution in [0.25, 0.3) is 0 Å². The SMILES string of the molecule is O=C(c1cccc(OC2CC2)c1)C1(O)CCCCC1. The van der Waals surface area contributed by atoms with Gasteiger partial charge < -0.3 is 9.84 Å². The third-order valence-electron chi connectivity index (χ3n) is 4.03. The first-order chi connectivity index (χ1) is 9.17. The van der Waals surface area contributed by atoms with Gasteiger partial charge in [-0.25, -0.2) is 0 Å². The Hall–Kier alpha value is -1.35. The van der Waals surface area contributed by atoms with Crippen molar-refractivity contribution in [1.82, 2.24) is 0 Å². The second-order valence-electron chi connectivity index (χ2n) is 5.77. The van der Waals surface area contributed by atoms with E-state index >= 15 is 0 Å². The third kappa shape index (κ3) is 2.81. The Morgan fingerprint density at radius 3 is 2.63 bits per heavy atom. The zero-order chi connectivity index (χ0) is 13.3. The van der Waals surface area contributed by atoms with Gasteiger partial charge in [0.1, 0.15) is 11.4 Å². The number of hydrogen-bond acceptors (Lipinski definition) is 3. The highest BCUT2D eigenvalue weighted by Gasteiger charge is 2.37. The summed E-state index contributed by atoms with van der Waals surface area (Å²) in [6.07, 6.45) is 6.66. The maximum Gasteiger partial charge on any atom is 0.194 e. The zero-order valence-corrected chi connectivity index (χ0v) is 11.1. The molecule has 0 saturated heterocycles. The van der Waals surface area contributed by atoms with E-state index in [1.54, 1.807) is 12.1 Å². The van der Waals surface area contributed by atoms with Gasteiger partial charge in [-0.2, -0.15) is 0 Å². The summed E-state index contributed by atoms with van der Waals surface area (Å²) < 4.78 is 5.70. The number of carbonyl (C=O) groups is 1. The highest BCUT2D eigenvalue weighted by Crippen LogP contribution is 2.32. The fraction of sp³-hybridized carbons (Fsp3) is 0.562. The minimum absolute atomic E-state index is 0.145. The fourth-order valence-corrected chi connectivity index (χ4v) is 2.72. The van der Waals surface area contributed by atoms with Gasteiger partial charge in [-0.05, 0) is 37.8 Å². The largest absolute Gasteiger partial charge is 0.490 e. The smallest absolute Gasteiger partial charge is 0.194 e. The van der Waals surface area contributed by atoms with E-state index in [2.05, 4.69) is 0 Å². The van der Waals surface area contributed by atoms with Crippen LogP contribution >= 0.6 is 0 Å². The van der Waals surface area contributed by atoms with E-state index in [1.165, 1.54) is 0 Å². The van der Waals surface area contributed by atoms with Crippen molar-refractivity contribution in [3.05, 3.63) is 29.8 Å². The van der Waals surface area contributed by atoms with Gasteiger partial charge in [0.15, 0.2) is 5.78 Å². The molecule has 1 N–H and O–H groups in total. The third-order valence-corrected chi connectivity index (χ3v) is 4.03. The highest BCUT2D eigenvalue weighted by atomic mass is 16.5. The fourth-order valence-electron chi connectivity index (χ4n) is 2.72. The molecule has 0 atom stereocenters. The van der Waals surface area contributed by atoms with Crippen molar-refractivity contribution in [2.24, 2.45) is 0 Å². The summed E-state index contributed by atoms with van der Waals surface area (Å²) in [7, 11) is 0. The summed E-state index contributed by atoms with van der Waals surface area (Å²) in [5.74, 6) is 0.598. The molecule has 0 unspecified atom stereocenters. The second-order valence-corrected chi connectivity index (χ2v) is 5.77. The number of benzene rings is 1. The van der Waals surface area contributed by atoms with Gasteiger partial charge >= 0.3 is 0 Å². The summed E-state index contributed by atoms with van der Waals surface area (Å²) in [6.45, 7) is 0. The van der Waals surface area contributed by atoms with E-state index < -0.39 is 5.60 Å². The molecule has 2 aliphatic rings. The molecular weight excluding hydrogens is 240 g/mol. The average molecular weight is 260 g/mol. The Labute approximate surface area is 113 Å². The summed E-state index contributed by atoms with van der Waals surface area (Å²) in [5, 5.41) is 10.5. The Bertz CT molecular complexity index is 471. The molecule has 0 aliphatic heterocycles. The van der Waals surface area contributed by atoms with E-state index in [0.717, 1.165) is 37.9 Å². The van der Waals surface area contributed by atoms with Crippen molar-refractivity contribution < 1.29 is 14.6 Å². The molecule has 0 aromatic heterocycles. The Morgan fingerprint density at radius 2 is 1.95 bits per heavy atom.